The zero-order chi connectivity index (χ0) is 11.9. The fraction of sp³-hybridized carbons (Fsp3) is 0.571. The standard InChI is InChI=1S/C14H22N2S/c1-17-14-6-4-12(5-7-14)8-10-16-13-3-2-9-15-11-13/h4-7,13,15-16H,2-3,8-11H2,1H3. The second-order valence-electron chi connectivity index (χ2n) is 4.60. The fourth-order valence-corrected chi connectivity index (χ4v) is 2.65. The summed E-state index contributed by atoms with van der Waals surface area (Å²) in [5, 5.41) is 7.06. The van der Waals surface area contributed by atoms with E-state index in [0.29, 0.717) is 6.04 Å². The third kappa shape index (κ3) is 4.34. The van der Waals surface area contributed by atoms with Gasteiger partial charge in [0.15, 0.2) is 0 Å². The van der Waals surface area contributed by atoms with Crippen LogP contribution in [0.15, 0.2) is 29.2 Å². The highest BCUT2D eigenvalue weighted by Gasteiger charge is 2.11. The van der Waals surface area contributed by atoms with Crippen molar-refractivity contribution in [3.63, 3.8) is 0 Å². The van der Waals surface area contributed by atoms with E-state index in [1.807, 2.05) is 0 Å². The predicted molar refractivity (Wildman–Crippen MR) is 75.8 cm³/mol. The molecule has 3 heteroatoms. The van der Waals surface area contributed by atoms with Gasteiger partial charge < -0.3 is 10.6 Å². The third-order valence-corrected chi connectivity index (χ3v) is 4.05. The first-order valence-electron chi connectivity index (χ1n) is 6.45. The van der Waals surface area contributed by atoms with Gasteiger partial charge in [0.05, 0.1) is 0 Å². The number of nitrogens with one attached hydrogen (secondary N) is 2. The van der Waals surface area contributed by atoms with Crippen LogP contribution < -0.4 is 10.6 Å². The van der Waals surface area contributed by atoms with Crippen molar-refractivity contribution < 1.29 is 0 Å². The van der Waals surface area contributed by atoms with Gasteiger partial charge in [0.2, 0.25) is 0 Å². The summed E-state index contributed by atoms with van der Waals surface area (Å²) in [5.74, 6) is 0. The molecule has 0 spiro atoms. The molecule has 0 aromatic heterocycles. The van der Waals surface area contributed by atoms with Crippen LogP contribution in [0.4, 0.5) is 0 Å². The Morgan fingerprint density at radius 3 is 2.82 bits per heavy atom. The van der Waals surface area contributed by atoms with Crippen molar-refractivity contribution in [2.24, 2.45) is 0 Å². The summed E-state index contributed by atoms with van der Waals surface area (Å²) in [4.78, 5) is 1.35. The molecule has 2 nitrogen and oxygen atoms in total. The van der Waals surface area contributed by atoms with Crippen LogP contribution in [0.25, 0.3) is 0 Å². The molecule has 0 bridgehead atoms. The van der Waals surface area contributed by atoms with Gasteiger partial charge in [0.25, 0.3) is 0 Å². The Morgan fingerprint density at radius 1 is 1.35 bits per heavy atom. The Bertz CT molecular complexity index is 317. The molecular formula is C14H22N2S. The summed E-state index contributed by atoms with van der Waals surface area (Å²) >= 11 is 1.80. The van der Waals surface area contributed by atoms with Crippen molar-refractivity contribution in [1.82, 2.24) is 10.6 Å². The Balaban J connectivity index is 1.69. The summed E-state index contributed by atoms with van der Waals surface area (Å²) in [6.07, 6.45) is 5.87. The van der Waals surface area contributed by atoms with Crippen molar-refractivity contribution in [3.05, 3.63) is 29.8 Å². The van der Waals surface area contributed by atoms with Crippen molar-refractivity contribution in [2.75, 3.05) is 25.9 Å². The Kier molecular flexibility index (Phi) is 5.36. The maximum Gasteiger partial charge on any atom is 0.0193 e. The lowest BCUT2D eigenvalue weighted by atomic mass is 10.1. The minimum atomic E-state index is 0.675. The first-order chi connectivity index (χ1) is 8.38. The topological polar surface area (TPSA) is 24.1 Å². The zero-order valence-electron chi connectivity index (χ0n) is 10.5. The molecule has 2 N–H and O–H groups in total. The van der Waals surface area contributed by atoms with Gasteiger partial charge in [-0.05, 0) is 56.3 Å². The van der Waals surface area contributed by atoms with Crippen LogP contribution in [0.5, 0.6) is 0 Å². The van der Waals surface area contributed by atoms with Gasteiger partial charge in [-0.15, -0.1) is 11.8 Å². The molecule has 1 heterocycles. The Hall–Kier alpha value is -0.510. The third-order valence-electron chi connectivity index (χ3n) is 3.30. The summed E-state index contributed by atoms with van der Waals surface area (Å²) in [5.41, 5.74) is 1.43. The first-order valence-corrected chi connectivity index (χ1v) is 7.68. The largest absolute Gasteiger partial charge is 0.315 e. The highest BCUT2D eigenvalue weighted by Crippen LogP contribution is 2.14. The molecule has 17 heavy (non-hydrogen) atoms. The molecule has 94 valence electrons. The average Bonchev–Trinajstić information content (AvgIpc) is 2.41. The molecule has 2 rings (SSSR count). The molecule has 1 atom stereocenters. The number of thioether (sulfide) groups is 1. The van der Waals surface area contributed by atoms with E-state index in [4.69, 9.17) is 0 Å². The lowest BCUT2D eigenvalue weighted by Crippen LogP contribution is -2.43. The predicted octanol–water partition coefficient (Wildman–Crippen LogP) is 2.29. The zero-order valence-corrected chi connectivity index (χ0v) is 11.4. The number of hydrogen-bond donors (Lipinski definition) is 2. The van der Waals surface area contributed by atoms with Gasteiger partial charge in [-0.25, -0.2) is 0 Å². The van der Waals surface area contributed by atoms with Crippen molar-refractivity contribution >= 4 is 11.8 Å². The molecule has 1 fully saturated rings. The molecular weight excluding hydrogens is 228 g/mol. The molecule has 0 saturated carbocycles. The van der Waals surface area contributed by atoms with Crippen LogP contribution >= 0.6 is 11.8 Å². The van der Waals surface area contributed by atoms with Gasteiger partial charge in [-0.2, -0.15) is 0 Å². The Morgan fingerprint density at radius 2 is 2.18 bits per heavy atom. The van der Waals surface area contributed by atoms with Crippen molar-refractivity contribution in [1.29, 1.82) is 0 Å². The number of hydrogen-bond acceptors (Lipinski definition) is 3. The molecule has 1 aliphatic heterocycles. The molecule has 0 radical (unpaired) electrons. The molecule has 0 amide bonds. The summed E-state index contributed by atoms with van der Waals surface area (Å²) in [6, 6.07) is 9.58. The number of rotatable bonds is 5. The van der Waals surface area contributed by atoms with Gasteiger partial charge in [0.1, 0.15) is 0 Å². The van der Waals surface area contributed by atoms with E-state index in [0.717, 1.165) is 19.5 Å². The summed E-state index contributed by atoms with van der Waals surface area (Å²) in [7, 11) is 0. The first kappa shape index (κ1) is 12.9. The van der Waals surface area contributed by atoms with E-state index in [1.165, 1.54) is 29.8 Å². The van der Waals surface area contributed by atoms with Crippen LogP contribution in [-0.4, -0.2) is 31.9 Å². The molecule has 1 aromatic rings. The number of benzene rings is 1. The van der Waals surface area contributed by atoms with Crippen LogP contribution in [0.2, 0.25) is 0 Å². The maximum atomic E-state index is 3.63. The van der Waals surface area contributed by atoms with Crippen molar-refractivity contribution in [2.45, 2.75) is 30.2 Å². The van der Waals surface area contributed by atoms with Gasteiger partial charge in [-0.3, -0.25) is 0 Å². The smallest absolute Gasteiger partial charge is 0.0193 e. The quantitative estimate of drug-likeness (QED) is 0.784. The SMILES string of the molecule is CSc1ccc(CCNC2CCCNC2)cc1. The summed E-state index contributed by atoms with van der Waals surface area (Å²) < 4.78 is 0. The van der Waals surface area contributed by atoms with Gasteiger partial charge in [0, 0.05) is 17.5 Å². The minimum absolute atomic E-state index is 0.675. The maximum absolute atomic E-state index is 3.63. The number of piperidine rings is 1. The van der Waals surface area contributed by atoms with E-state index in [9.17, 15) is 0 Å². The van der Waals surface area contributed by atoms with Gasteiger partial charge >= 0.3 is 0 Å². The molecule has 0 aliphatic carbocycles. The average molecular weight is 250 g/mol. The van der Waals surface area contributed by atoms with Crippen LogP contribution in [0, 0.1) is 0 Å². The van der Waals surface area contributed by atoms with Crippen molar-refractivity contribution in [3.8, 4) is 0 Å². The van der Waals surface area contributed by atoms with Crippen LogP contribution in [-0.2, 0) is 6.42 Å². The molecule has 1 saturated heterocycles. The van der Waals surface area contributed by atoms with Crippen LogP contribution in [0.3, 0.4) is 0 Å². The summed E-state index contributed by atoms with van der Waals surface area (Å²) in [6.45, 7) is 3.41. The monoisotopic (exact) mass is 250 g/mol. The van der Waals surface area contributed by atoms with E-state index in [-0.39, 0.29) is 0 Å². The van der Waals surface area contributed by atoms with E-state index in [2.05, 4.69) is 41.2 Å². The van der Waals surface area contributed by atoms with E-state index < -0.39 is 0 Å². The fourth-order valence-electron chi connectivity index (χ4n) is 2.24. The highest BCUT2D eigenvalue weighted by atomic mass is 32.2. The minimum Gasteiger partial charge on any atom is -0.315 e. The lowest BCUT2D eigenvalue weighted by Gasteiger charge is -2.23. The van der Waals surface area contributed by atoms with Gasteiger partial charge in [-0.1, -0.05) is 12.1 Å². The van der Waals surface area contributed by atoms with E-state index >= 15 is 0 Å². The lowest BCUT2D eigenvalue weighted by molar-refractivity contribution is 0.392. The van der Waals surface area contributed by atoms with E-state index in [1.54, 1.807) is 11.8 Å². The molecule has 1 aromatic carbocycles. The second-order valence-corrected chi connectivity index (χ2v) is 5.48. The second kappa shape index (κ2) is 7.04. The highest BCUT2D eigenvalue weighted by molar-refractivity contribution is 7.98. The molecule has 1 aliphatic rings. The molecule has 1 unspecified atom stereocenters. The normalized spacial score (nSPS) is 20.4. The Labute approximate surface area is 109 Å². The van der Waals surface area contributed by atoms with Crippen LogP contribution in [0.1, 0.15) is 18.4 Å².